The van der Waals surface area contributed by atoms with E-state index in [1.165, 1.54) is 0 Å². The highest BCUT2D eigenvalue weighted by Crippen LogP contribution is 2.46. The molecule has 158 valence electrons. The molecule has 5 rings (SSSR count). The highest BCUT2D eigenvalue weighted by atomic mass is 79.9. The molecule has 3 aromatic rings. The molecule has 2 bridgehead atoms. The minimum Gasteiger partial charge on any atom is -0.467 e. The van der Waals surface area contributed by atoms with Gasteiger partial charge in [-0.2, -0.15) is 0 Å². The summed E-state index contributed by atoms with van der Waals surface area (Å²) in [4.78, 5) is 28.5. The Morgan fingerprint density at radius 1 is 1.29 bits per heavy atom. The molecule has 2 aliphatic rings. The Morgan fingerprint density at radius 3 is 2.97 bits per heavy atom. The van der Waals surface area contributed by atoms with E-state index in [2.05, 4.69) is 26.6 Å². The Morgan fingerprint density at radius 2 is 2.16 bits per heavy atom. The lowest BCUT2D eigenvalue weighted by molar-refractivity contribution is 0.0378. The molecule has 2 aliphatic heterocycles. The van der Waals surface area contributed by atoms with Crippen molar-refractivity contribution in [2.75, 3.05) is 4.90 Å². The largest absolute Gasteiger partial charge is 0.467 e. The Labute approximate surface area is 192 Å². The lowest BCUT2D eigenvalue weighted by Gasteiger charge is -2.50. The smallest absolute Gasteiger partial charge is 0.325 e. The van der Waals surface area contributed by atoms with Crippen LogP contribution in [0.25, 0.3) is 0 Å². The topological polar surface area (TPSA) is 70.7 Å². The maximum Gasteiger partial charge on any atom is 0.325 e. The first-order chi connectivity index (χ1) is 14.9. The second kappa shape index (κ2) is 7.69. The molecule has 1 aromatic heterocycles. The third kappa shape index (κ3) is 3.70. The quantitative estimate of drug-likeness (QED) is 0.519. The third-order valence-corrected chi connectivity index (χ3v) is 6.97. The number of benzene rings is 2. The first-order valence-electron chi connectivity index (χ1n) is 9.93. The molecule has 0 aliphatic carbocycles. The lowest BCUT2D eigenvalue weighted by atomic mass is 9.90. The molecule has 8 heteroatoms. The molecule has 2 N–H and O–H groups in total. The van der Waals surface area contributed by atoms with Crippen molar-refractivity contribution in [1.82, 2.24) is 10.6 Å². The van der Waals surface area contributed by atoms with Crippen LogP contribution in [0.15, 0.2) is 64.5 Å². The fourth-order valence-electron chi connectivity index (χ4n) is 4.21. The van der Waals surface area contributed by atoms with Crippen molar-refractivity contribution < 1.29 is 14.3 Å². The summed E-state index contributed by atoms with van der Waals surface area (Å²) in [6.07, 6.45) is 0.594. The zero-order chi connectivity index (χ0) is 21.6. The molecule has 0 spiro atoms. The molecule has 1 fully saturated rings. The minimum atomic E-state index is -0.861. The van der Waals surface area contributed by atoms with Crippen LogP contribution in [-0.4, -0.2) is 17.7 Å². The van der Waals surface area contributed by atoms with Gasteiger partial charge in [0.1, 0.15) is 5.75 Å². The third-order valence-electron chi connectivity index (χ3n) is 5.60. The lowest BCUT2D eigenvalue weighted by Crippen LogP contribution is -2.65. The SMILES string of the molecule is CC12CC(NC(=O)N1c1cccc(C(=O)NCc3cccs3)c1)c1cc(Br)ccc1O2. The first kappa shape index (κ1) is 20.1. The number of amides is 3. The molecule has 31 heavy (non-hydrogen) atoms. The minimum absolute atomic E-state index is 0.132. The zero-order valence-corrected chi connectivity index (χ0v) is 19.1. The average Bonchev–Trinajstić information content (AvgIpc) is 3.26. The van der Waals surface area contributed by atoms with Crippen LogP contribution in [0.2, 0.25) is 0 Å². The standard InChI is InChI=1S/C23H20BrN3O3S/c1-23-12-19(18-11-15(24)7-8-20(18)30-23)26-22(29)27(23)16-5-2-4-14(10-16)21(28)25-13-17-6-3-9-31-17/h2-11,19H,12-13H2,1H3,(H,25,28)(H,26,29). The number of thiophene rings is 1. The van der Waals surface area contributed by atoms with Crippen LogP contribution in [0.4, 0.5) is 10.5 Å². The summed E-state index contributed by atoms with van der Waals surface area (Å²) in [5.74, 6) is 0.562. The van der Waals surface area contributed by atoms with E-state index in [1.807, 2.05) is 48.7 Å². The number of nitrogens with one attached hydrogen (secondary N) is 2. The van der Waals surface area contributed by atoms with Gasteiger partial charge in [0.25, 0.3) is 5.91 Å². The van der Waals surface area contributed by atoms with Crippen molar-refractivity contribution in [3.05, 3.63) is 80.5 Å². The molecule has 0 radical (unpaired) electrons. The van der Waals surface area contributed by atoms with E-state index in [9.17, 15) is 9.59 Å². The second-order valence-corrected chi connectivity index (χ2v) is 9.76. The fourth-order valence-corrected chi connectivity index (χ4v) is 5.23. The molecule has 3 heterocycles. The fraction of sp³-hybridized carbons (Fsp3) is 0.217. The van der Waals surface area contributed by atoms with Gasteiger partial charge in [-0.1, -0.05) is 28.1 Å². The molecule has 2 aromatic carbocycles. The van der Waals surface area contributed by atoms with E-state index in [4.69, 9.17) is 4.74 Å². The highest BCUT2D eigenvalue weighted by molar-refractivity contribution is 9.10. The van der Waals surface area contributed by atoms with Gasteiger partial charge in [0.2, 0.25) is 0 Å². The number of hydrogen-bond donors (Lipinski definition) is 2. The van der Waals surface area contributed by atoms with E-state index < -0.39 is 5.72 Å². The van der Waals surface area contributed by atoms with E-state index in [0.29, 0.717) is 24.2 Å². The second-order valence-electron chi connectivity index (χ2n) is 7.81. The van der Waals surface area contributed by atoms with Gasteiger partial charge < -0.3 is 15.4 Å². The maximum absolute atomic E-state index is 13.1. The van der Waals surface area contributed by atoms with Crippen LogP contribution in [0.3, 0.4) is 0 Å². The van der Waals surface area contributed by atoms with Gasteiger partial charge in [0, 0.05) is 26.9 Å². The van der Waals surface area contributed by atoms with E-state index in [1.54, 1.807) is 34.4 Å². The monoisotopic (exact) mass is 497 g/mol. The van der Waals surface area contributed by atoms with Gasteiger partial charge in [-0.3, -0.25) is 9.69 Å². The summed E-state index contributed by atoms with van der Waals surface area (Å²) in [6, 6.07) is 16.4. The summed E-state index contributed by atoms with van der Waals surface area (Å²) in [5, 5.41) is 7.99. The van der Waals surface area contributed by atoms with Gasteiger partial charge in [0.05, 0.1) is 18.3 Å². The number of fused-ring (bicyclic) bond motifs is 4. The number of anilines is 1. The van der Waals surface area contributed by atoms with Crippen LogP contribution in [0.1, 0.15) is 40.2 Å². The van der Waals surface area contributed by atoms with Crippen LogP contribution in [0.5, 0.6) is 5.75 Å². The molecule has 2 atom stereocenters. The predicted molar refractivity (Wildman–Crippen MR) is 123 cm³/mol. The molecule has 6 nitrogen and oxygen atoms in total. The Kier molecular flexibility index (Phi) is 4.98. The van der Waals surface area contributed by atoms with E-state index in [-0.39, 0.29) is 18.0 Å². The number of ether oxygens (including phenoxy) is 1. The number of carbonyl (C=O) groups is 2. The number of carbonyl (C=O) groups excluding carboxylic acids is 2. The Hall–Kier alpha value is -2.84. The predicted octanol–water partition coefficient (Wildman–Crippen LogP) is 5.21. The van der Waals surface area contributed by atoms with E-state index >= 15 is 0 Å². The normalized spacial score (nSPS) is 21.7. The number of urea groups is 1. The van der Waals surface area contributed by atoms with Crippen LogP contribution in [0, 0.1) is 0 Å². The average molecular weight is 498 g/mol. The van der Waals surface area contributed by atoms with Crippen LogP contribution < -0.4 is 20.3 Å². The molecule has 3 amide bonds. The summed E-state index contributed by atoms with van der Waals surface area (Å²) >= 11 is 5.08. The van der Waals surface area contributed by atoms with Crippen molar-refractivity contribution in [1.29, 1.82) is 0 Å². The van der Waals surface area contributed by atoms with Crippen molar-refractivity contribution in [2.45, 2.75) is 31.7 Å². The van der Waals surface area contributed by atoms with Crippen molar-refractivity contribution in [3.8, 4) is 5.75 Å². The van der Waals surface area contributed by atoms with Gasteiger partial charge >= 0.3 is 6.03 Å². The van der Waals surface area contributed by atoms with Gasteiger partial charge in [-0.25, -0.2) is 4.79 Å². The molecular formula is C23H20BrN3O3S. The van der Waals surface area contributed by atoms with Crippen LogP contribution in [-0.2, 0) is 6.54 Å². The summed E-state index contributed by atoms with van der Waals surface area (Å²) in [6.45, 7) is 2.38. The van der Waals surface area contributed by atoms with E-state index in [0.717, 1.165) is 20.7 Å². The number of hydrogen-bond acceptors (Lipinski definition) is 4. The number of nitrogens with zero attached hydrogens (tertiary/aromatic N) is 1. The number of rotatable bonds is 4. The molecule has 0 saturated carbocycles. The molecule has 2 unspecified atom stereocenters. The summed E-state index contributed by atoms with van der Waals surface area (Å²) < 4.78 is 7.27. The van der Waals surface area contributed by atoms with Gasteiger partial charge in [-0.15, -0.1) is 11.3 Å². The highest BCUT2D eigenvalue weighted by Gasteiger charge is 2.49. The Balaban J connectivity index is 1.42. The van der Waals surface area contributed by atoms with Crippen molar-refractivity contribution in [2.24, 2.45) is 0 Å². The molecular weight excluding hydrogens is 478 g/mol. The molecule has 1 saturated heterocycles. The van der Waals surface area contributed by atoms with Crippen molar-refractivity contribution in [3.63, 3.8) is 0 Å². The van der Waals surface area contributed by atoms with Gasteiger partial charge in [0.15, 0.2) is 5.72 Å². The van der Waals surface area contributed by atoms with Crippen LogP contribution >= 0.6 is 27.3 Å². The van der Waals surface area contributed by atoms with Crippen molar-refractivity contribution >= 4 is 44.9 Å². The Bertz CT molecular complexity index is 1170. The summed E-state index contributed by atoms with van der Waals surface area (Å²) in [7, 11) is 0. The van der Waals surface area contributed by atoms with Gasteiger partial charge in [-0.05, 0) is 54.8 Å². The summed E-state index contributed by atoms with van der Waals surface area (Å²) in [5.41, 5.74) is 1.21. The zero-order valence-electron chi connectivity index (χ0n) is 16.7. The first-order valence-corrected chi connectivity index (χ1v) is 11.6. The number of halogens is 1. The maximum atomic E-state index is 13.1.